The van der Waals surface area contributed by atoms with Crippen LogP contribution in [0.4, 0.5) is 0 Å². The van der Waals surface area contributed by atoms with Gasteiger partial charge in [0.25, 0.3) is 0 Å². The Labute approximate surface area is 125 Å². The Bertz CT molecular complexity index is 542. The Balaban J connectivity index is 1.79. The Morgan fingerprint density at radius 3 is 3.14 bits per heavy atom. The number of nitrogens with one attached hydrogen (secondary N) is 1. The molecule has 1 aliphatic rings. The quantitative estimate of drug-likeness (QED) is 0.797. The van der Waals surface area contributed by atoms with Crippen molar-refractivity contribution in [3.8, 4) is 0 Å². The summed E-state index contributed by atoms with van der Waals surface area (Å²) in [6, 6.07) is 3.91. The summed E-state index contributed by atoms with van der Waals surface area (Å²) < 4.78 is 0. The molecule has 1 aromatic heterocycles. The van der Waals surface area contributed by atoms with Crippen molar-refractivity contribution in [3.05, 3.63) is 42.2 Å². The molecule has 0 unspecified atom stereocenters. The van der Waals surface area contributed by atoms with E-state index < -0.39 is 0 Å². The van der Waals surface area contributed by atoms with Crippen LogP contribution in [0.1, 0.15) is 17.7 Å². The SMILES string of the molecule is C=CCN1C[C@@H](C(=O)NCCc2ncccc2C)CC1=O. The number of carbonyl (C=O) groups excluding carboxylic acids is 2. The molecule has 0 spiro atoms. The summed E-state index contributed by atoms with van der Waals surface area (Å²) in [6.07, 6.45) is 4.44. The standard InChI is InChI=1S/C16H21N3O2/c1-3-9-19-11-13(10-15(19)20)16(21)18-8-6-14-12(2)5-4-7-17-14/h3-5,7,13H,1,6,8-11H2,2H3,(H,18,21)/t13-/m0/s1. The maximum absolute atomic E-state index is 12.1. The number of pyridine rings is 1. The van der Waals surface area contributed by atoms with Gasteiger partial charge in [-0.25, -0.2) is 0 Å². The lowest BCUT2D eigenvalue weighted by molar-refractivity contribution is -0.128. The molecule has 1 aromatic rings. The third-order valence-corrected chi connectivity index (χ3v) is 3.71. The first-order chi connectivity index (χ1) is 10.1. The fourth-order valence-electron chi connectivity index (χ4n) is 2.51. The maximum Gasteiger partial charge on any atom is 0.225 e. The molecule has 1 fully saturated rings. The number of hydrogen-bond donors (Lipinski definition) is 1. The number of likely N-dealkylation sites (tertiary alicyclic amines) is 1. The zero-order valence-electron chi connectivity index (χ0n) is 12.3. The van der Waals surface area contributed by atoms with Crippen molar-refractivity contribution < 1.29 is 9.59 Å². The molecule has 5 nitrogen and oxygen atoms in total. The highest BCUT2D eigenvalue weighted by Crippen LogP contribution is 2.17. The van der Waals surface area contributed by atoms with Crippen molar-refractivity contribution >= 4 is 11.8 Å². The van der Waals surface area contributed by atoms with E-state index in [-0.39, 0.29) is 17.7 Å². The normalized spacial score (nSPS) is 17.9. The molecule has 0 bridgehead atoms. The minimum Gasteiger partial charge on any atom is -0.355 e. The first kappa shape index (κ1) is 15.2. The topological polar surface area (TPSA) is 62.3 Å². The molecular formula is C16H21N3O2. The van der Waals surface area contributed by atoms with Gasteiger partial charge in [-0.05, 0) is 18.6 Å². The minimum absolute atomic E-state index is 0.0237. The number of aromatic nitrogens is 1. The van der Waals surface area contributed by atoms with Crippen molar-refractivity contribution in [2.45, 2.75) is 19.8 Å². The lowest BCUT2D eigenvalue weighted by Crippen LogP contribution is -2.34. The van der Waals surface area contributed by atoms with Crippen LogP contribution in [-0.4, -0.2) is 41.3 Å². The lowest BCUT2D eigenvalue weighted by Gasteiger charge is -2.14. The molecule has 1 atom stereocenters. The van der Waals surface area contributed by atoms with E-state index in [0.717, 1.165) is 11.3 Å². The van der Waals surface area contributed by atoms with E-state index in [9.17, 15) is 9.59 Å². The molecule has 5 heteroatoms. The zero-order valence-corrected chi connectivity index (χ0v) is 12.3. The van der Waals surface area contributed by atoms with Crippen LogP contribution >= 0.6 is 0 Å². The Kier molecular flexibility index (Phi) is 5.09. The molecule has 112 valence electrons. The van der Waals surface area contributed by atoms with E-state index in [1.54, 1.807) is 17.2 Å². The molecular weight excluding hydrogens is 266 g/mol. The van der Waals surface area contributed by atoms with Crippen LogP contribution in [0.15, 0.2) is 31.0 Å². The van der Waals surface area contributed by atoms with Gasteiger partial charge in [-0.3, -0.25) is 14.6 Å². The number of carbonyl (C=O) groups is 2. The molecule has 0 radical (unpaired) electrons. The van der Waals surface area contributed by atoms with Crippen LogP contribution in [0.2, 0.25) is 0 Å². The van der Waals surface area contributed by atoms with Crippen molar-refractivity contribution in [2.75, 3.05) is 19.6 Å². The first-order valence-electron chi connectivity index (χ1n) is 7.18. The minimum atomic E-state index is -0.248. The molecule has 2 heterocycles. The smallest absolute Gasteiger partial charge is 0.225 e. The van der Waals surface area contributed by atoms with Gasteiger partial charge < -0.3 is 10.2 Å². The van der Waals surface area contributed by atoms with Gasteiger partial charge in [-0.15, -0.1) is 6.58 Å². The molecule has 0 aliphatic carbocycles. The van der Waals surface area contributed by atoms with Gasteiger partial charge in [0.1, 0.15) is 0 Å². The summed E-state index contributed by atoms with van der Waals surface area (Å²) in [6.45, 7) is 7.16. The zero-order chi connectivity index (χ0) is 15.2. The van der Waals surface area contributed by atoms with Crippen LogP contribution in [0.5, 0.6) is 0 Å². The van der Waals surface area contributed by atoms with E-state index >= 15 is 0 Å². The van der Waals surface area contributed by atoms with Crippen LogP contribution in [0.25, 0.3) is 0 Å². The van der Waals surface area contributed by atoms with Crippen molar-refractivity contribution in [2.24, 2.45) is 5.92 Å². The fourth-order valence-corrected chi connectivity index (χ4v) is 2.51. The molecule has 1 aliphatic heterocycles. The second-order valence-corrected chi connectivity index (χ2v) is 5.30. The number of nitrogens with zero attached hydrogens (tertiary/aromatic N) is 2. The predicted octanol–water partition coefficient (Wildman–Crippen LogP) is 1.08. The van der Waals surface area contributed by atoms with E-state index in [2.05, 4.69) is 16.9 Å². The van der Waals surface area contributed by atoms with Crippen LogP contribution < -0.4 is 5.32 Å². The highest BCUT2D eigenvalue weighted by Gasteiger charge is 2.33. The summed E-state index contributed by atoms with van der Waals surface area (Å²) in [5.41, 5.74) is 2.12. The van der Waals surface area contributed by atoms with E-state index in [0.29, 0.717) is 32.5 Å². The third-order valence-electron chi connectivity index (χ3n) is 3.71. The highest BCUT2D eigenvalue weighted by molar-refractivity contribution is 5.89. The Morgan fingerprint density at radius 2 is 2.43 bits per heavy atom. The average Bonchev–Trinajstić information content (AvgIpc) is 2.83. The van der Waals surface area contributed by atoms with Crippen LogP contribution in [0, 0.1) is 12.8 Å². The van der Waals surface area contributed by atoms with Crippen molar-refractivity contribution in [1.82, 2.24) is 15.2 Å². The summed E-state index contributed by atoms with van der Waals surface area (Å²) in [4.78, 5) is 29.7. The number of amides is 2. The summed E-state index contributed by atoms with van der Waals surface area (Å²) in [5, 5.41) is 2.90. The van der Waals surface area contributed by atoms with Gasteiger partial charge in [-0.1, -0.05) is 12.1 Å². The summed E-state index contributed by atoms with van der Waals surface area (Å²) >= 11 is 0. The van der Waals surface area contributed by atoms with E-state index in [4.69, 9.17) is 0 Å². The molecule has 21 heavy (non-hydrogen) atoms. The molecule has 0 saturated carbocycles. The molecule has 1 N–H and O–H groups in total. The fraction of sp³-hybridized carbons (Fsp3) is 0.438. The van der Waals surface area contributed by atoms with E-state index in [1.807, 2.05) is 19.1 Å². The molecule has 1 saturated heterocycles. The lowest BCUT2D eigenvalue weighted by atomic mass is 10.1. The highest BCUT2D eigenvalue weighted by atomic mass is 16.2. The molecule has 2 amide bonds. The first-order valence-corrected chi connectivity index (χ1v) is 7.18. The summed E-state index contributed by atoms with van der Waals surface area (Å²) in [7, 11) is 0. The van der Waals surface area contributed by atoms with Gasteiger partial charge in [-0.2, -0.15) is 0 Å². The second-order valence-electron chi connectivity index (χ2n) is 5.30. The van der Waals surface area contributed by atoms with Crippen LogP contribution in [-0.2, 0) is 16.0 Å². The Hall–Kier alpha value is -2.17. The predicted molar refractivity (Wildman–Crippen MR) is 80.6 cm³/mol. The number of aryl methyl sites for hydroxylation is 1. The van der Waals surface area contributed by atoms with Gasteiger partial charge in [0.2, 0.25) is 11.8 Å². The van der Waals surface area contributed by atoms with Gasteiger partial charge in [0.05, 0.1) is 5.92 Å². The van der Waals surface area contributed by atoms with Crippen molar-refractivity contribution in [1.29, 1.82) is 0 Å². The van der Waals surface area contributed by atoms with E-state index in [1.165, 1.54) is 0 Å². The molecule has 0 aromatic carbocycles. The third kappa shape index (κ3) is 3.90. The number of rotatable bonds is 6. The second kappa shape index (κ2) is 7.02. The monoisotopic (exact) mass is 287 g/mol. The largest absolute Gasteiger partial charge is 0.355 e. The Morgan fingerprint density at radius 1 is 1.62 bits per heavy atom. The molecule has 2 rings (SSSR count). The van der Waals surface area contributed by atoms with Gasteiger partial charge in [0, 0.05) is 44.4 Å². The average molecular weight is 287 g/mol. The summed E-state index contributed by atoms with van der Waals surface area (Å²) in [5.74, 6) is -0.276. The number of hydrogen-bond acceptors (Lipinski definition) is 3. The maximum atomic E-state index is 12.1. The van der Waals surface area contributed by atoms with Crippen molar-refractivity contribution in [3.63, 3.8) is 0 Å². The van der Waals surface area contributed by atoms with Gasteiger partial charge >= 0.3 is 0 Å². The van der Waals surface area contributed by atoms with Crippen LogP contribution in [0.3, 0.4) is 0 Å². The van der Waals surface area contributed by atoms with Gasteiger partial charge in [0.15, 0.2) is 0 Å².